The maximum Gasteiger partial charge on any atom is 0.0857 e. The summed E-state index contributed by atoms with van der Waals surface area (Å²) in [7, 11) is 0. The summed E-state index contributed by atoms with van der Waals surface area (Å²) in [6.45, 7) is 8.76. The average molecular weight is 377 g/mol. The van der Waals surface area contributed by atoms with Crippen molar-refractivity contribution >= 4 is 0 Å². The molecule has 2 N–H and O–H groups in total. The fourth-order valence-electron chi connectivity index (χ4n) is 4.75. The van der Waals surface area contributed by atoms with Crippen molar-refractivity contribution in [3.05, 3.63) is 35.9 Å². The smallest absolute Gasteiger partial charge is 0.0857 e. The molecule has 1 aliphatic carbocycles. The summed E-state index contributed by atoms with van der Waals surface area (Å²) >= 11 is 0. The molecule has 1 heterocycles. The highest BCUT2D eigenvalue weighted by atomic mass is 16.6. The number of hydrogen-bond donors (Lipinski definition) is 2. The zero-order valence-corrected chi connectivity index (χ0v) is 17.2. The van der Waals surface area contributed by atoms with Crippen molar-refractivity contribution in [3.63, 3.8) is 0 Å². The van der Waals surface area contributed by atoms with Crippen molar-refractivity contribution < 1.29 is 19.7 Å². The van der Waals surface area contributed by atoms with Crippen LogP contribution in [0.3, 0.4) is 0 Å². The first kappa shape index (κ1) is 20.8. The van der Waals surface area contributed by atoms with Gasteiger partial charge < -0.3 is 19.7 Å². The number of aliphatic hydroxyl groups excluding tert-OH is 2. The van der Waals surface area contributed by atoms with E-state index >= 15 is 0 Å². The van der Waals surface area contributed by atoms with E-state index in [1.54, 1.807) is 0 Å². The van der Waals surface area contributed by atoms with Crippen molar-refractivity contribution in [2.24, 2.45) is 17.3 Å². The van der Waals surface area contributed by atoms with E-state index < -0.39 is 5.60 Å². The molecule has 5 atom stereocenters. The van der Waals surface area contributed by atoms with Gasteiger partial charge in [0.15, 0.2) is 0 Å². The van der Waals surface area contributed by atoms with E-state index in [2.05, 4.69) is 38.1 Å². The van der Waals surface area contributed by atoms with Gasteiger partial charge in [-0.3, -0.25) is 0 Å². The second kappa shape index (κ2) is 8.20. The molecule has 1 saturated heterocycles. The molecule has 1 aliphatic heterocycles. The van der Waals surface area contributed by atoms with Crippen LogP contribution in [0.2, 0.25) is 0 Å². The first-order chi connectivity index (χ1) is 12.7. The quantitative estimate of drug-likeness (QED) is 0.752. The maximum absolute atomic E-state index is 10.5. The highest BCUT2D eigenvalue weighted by Crippen LogP contribution is 2.47. The number of ether oxygens (including phenoxy) is 2. The zero-order chi connectivity index (χ0) is 19.7. The van der Waals surface area contributed by atoms with Crippen LogP contribution in [0, 0.1) is 17.3 Å². The molecule has 3 rings (SSSR count). The van der Waals surface area contributed by atoms with Crippen molar-refractivity contribution in [1.82, 2.24) is 0 Å². The van der Waals surface area contributed by atoms with Crippen LogP contribution in [0.5, 0.6) is 0 Å². The Balaban J connectivity index is 1.69. The van der Waals surface area contributed by atoms with E-state index in [4.69, 9.17) is 9.47 Å². The largest absolute Gasteiger partial charge is 0.393 e. The van der Waals surface area contributed by atoms with Crippen molar-refractivity contribution in [2.45, 2.75) is 77.3 Å². The summed E-state index contributed by atoms with van der Waals surface area (Å²) in [6, 6.07) is 10.4. The van der Waals surface area contributed by atoms with Crippen molar-refractivity contribution in [2.75, 3.05) is 13.2 Å². The Hall–Kier alpha value is -0.940. The third kappa shape index (κ3) is 5.32. The topological polar surface area (TPSA) is 58.9 Å². The minimum absolute atomic E-state index is 0.00283. The molecule has 0 aromatic heterocycles. The average Bonchev–Trinajstić information content (AvgIpc) is 3.14. The first-order valence-electron chi connectivity index (χ1n) is 10.3. The van der Waals surface area contributed by atoms with Gasteiger partial charge in [-0.15, -0.1) is 0 Å². The second-order valence-electron chi connectivity index (χ2n) is 9.93. The molecule has 0 radical (unpaired) electrons. The molecule has 0 spiro atoms. The molecular formula is C23H36O4. The molecule has 0 bridgehead atoms. The molecule has 152 valence electrons. The summed E-state index contributed by atoms with van der Waals surface area (Å²) < 4.78 is 12.4. The van der Waals surface area contributed by atoms with E-state index in [9.17, 15) is 10.2 Å². The SMILES string of the molecule is CC1(C)CC(O)C(C[C@H]2CC(c3ccccc3)OC2COC(C)(C)CO)C1. The molecule has 27 heavy (non-hydrogen) atoms. The molecule has 1 aromatic carbocycles. The Bertz CT molecular complexity index is 598. The van der Waals surface area contributed by atoms with Crippen molar-refractivity contribution in [3.8, 4) is 0 Å². The number of hydrogen-bond acceptors (Lipinski definition) is 4. The molecular weight excluding hydrogens is 340 g/mol. The predicted molar refractivity (Wildman–Crippen MR) is 106 cm³/mol. The second-order valence-corrected chi connectivity index (χ2v) is 9.93. The monoisotopic (exact) mass is 376 g/mol. The van der Waals surface area contributed by atoms with Gasteiger partial charge in [-0.1, -0.05) is 44.2 Å². The van der Waals surface area contributed by atoms with Gasteiger partial charge in [-0.25, -0.2) is 0 Å². The molecule has 4 heteroatoms. The molecule has 1 aromatic rings. The van der Waals surface area contributed by atoms with Crippen molar-refractivity contribution in [1.29, 1.82) is 0 Å². The van der Waals surface area contributed by atoms with Crippen LogP contribution < -0.4 is 0 Å². The van der Waals surface area contributed by atoms with E-state index in [-0.39, 0.29) is 30.3 Å². The third-order valence-electron chi connectivity index (χ3n) is 6.30. The van der Waals surface area contributed by atoms with Crippen LogP contribution in [-0.4, -0.2) is 41.2 Å². The lowest BCUT2D eigenvalue weighted by molar-refractivity contribution is -0.105. The molecule has 4 nitrogen and oxygen atoms in total. The van der Waals surface area contributed by atoms with Gasteiger partial charge in [0.2, 0.25) is 0 Å². The van der Waals surface area contributed by atoms with Gasteiger partial charge in [-0.2, -0.15) is 0 Å². The highest BCUT2D eigenvalue weighted by molar-refractivity contribution is 5.19. The van der Waals surface area contributed by atoms with E-state index in [0.29, 0.717) is 18.4 Å². The van der Waals surface area contributed by atoms with Gasteiger partial charge in [0.05, 0.1) is 37.1 Å². The van der Waals surface area contributed by atoms with Crippen LogP contribution in [0.1, 0.15) is 65.0 Å². The van der Waals surface area contributed by atoms with E-state index in [1.165, 1.54) is 5.56 Å². The fourth-order valence-corrected chi connectivity index (χ4v) is 4.75. The number of benzene rings is 1. The lowest BCUT2D eigenvalue weighted by atomic mass is 9.84. The summed E-state index contributed by atoms with van der Waals surface area (Å²) in [4.78, 5) is 0. The standard InChI is InChI=1S/C23H36O4/c1-22(2)12-18(19(25)13-22)10-17-11-20(16-8-6-5-7-9-16)27-21(17)14-26-23(3,4)15-24/h5-9,17-21,24-25H,10-15H2,1-4H3/t17-,18?,19?,20?,21?/m0/s1. The molecule has 0 amide bonds. The summed E-state index contributed by atoms with van der Waals surface area (Å²) in [5.41, 5.74) is 0.861. The summed E-state index contributed by atoms with van der Waals surface area (Å²) in [5, 5.41) is 20.0. The zero-order valence-electron chi connectivity index (χ0n) is 17.2. The summed E-state index contributed by atoms with van der Waals surface area (Å²) in [6.07, 6.45) is 3.74. The first-order valence-corrected chi connectivity index (χ1v) is 10.3. The lowest BCUT2D eigenvalue weighted by Crippen LogP contribution is -2.35. The Morgan fingerprint density at radius 2 is 1.85 bits per heavy atom. The van der Waals surface area contributed by atoms with Crippen LogP contribution >= 0.6 is 0 Å². The van der Waals surface area contributed by atoms with Crippen LogP contribution in [-0.2, 0) is 9.47 Å². The minimum atomic E-state index is -0.562. The van der Waals surface area contributed by atoms with Gasteiger partial charge >= 0.3 is 0 Å². The summed E-state index contributed by atoms with van der Waals surface area (Å²) in [5.74, 6) is 0.690. The van der Waals surface area contributed by atoms with Gasteiger partial charge in [0.1, 0.15) is 0 Å². The number of aliphatic hydroxyl groups is 2. The minimum Gasteiger partial charge on any atom is -0.393 e. The van der Waals surface area contributed by atoms with E-state index in [1.807, 2.05) is 19.9 Å². The maximum atomic E-state index is 10.5. The number of rotatable bonds is 7. The Labute approximate surface area is 163 Å². The molecule has 4 unspecified atom stereocenters. The van der Waals surface area contributed by atoms with Gasteiger partial charge in [-0.05, 0) is 62.3 Å². The van der Waals surface area contributed by atoms with Crippen LogP contribution in [0.4, 0.5) is 0 Å². The Kier molecular flexibility index (Phi) is 6.31. The van der Waals surface area contributed by atoms with Crippen LogP contribution in [0.25, 0.3) is 0 Å². The molecule has 1 saturated carbocycles. The van der Waals surface area contributed by atoms with Gasteiger partial charge in [0.25, 0.3) is 0 Å². The highest BCUT2D eigenvalue weighted by Gasteiger charge is 2.43. The van der Waals surface area contributed by atoms with E-state index in [0.717, 1.165) is 25.7 Å². The molecule has 2 fully saturated rings. The Morgan fingerprint density at radius 3 is 2.44 bits per heavy atom. The lowest BCUT2D eigenvalue weighted by Gasteiger charge is -2.28. The van der Waals surface area contributed by atoms with Gasteiger partial charge in [0, 0.05) is 0 Å². The Morgan fingerprint density at radius 1 is 1.15 bits per heavy atom. The van der Waals surface area contributed by atoms with Crippen LogP contribution in [0.15, 0.2) is 30.3 Å². The normalized spacial score (nSPS) is 33.5. The predicted octanol–water partition coefficient (Wildman–Crippen LogP) is 4.11. The third-order valence-corrected chi connectivity index (χ3v) is 6.30. The molecule has 2 aliphatic rings. The fraction of sp³-hybridized carbons (Fsp3) is 0.739.